The number of hydrogen-bond acceptors (Lipinski definition) is 4. The Labute approximate surface area is 111 Å². The molecule has 1 fully saturated rings. The van der Waals surface area contributed by atoms with Gasteiger partial charge in [-0.2, -0.15) is 0 Å². The second-order valence-electron chi connectivity index (χ2n) is 4.70. The highest BCUT2D eigenvalue weighted by Gasteiger charge is 2.28. The standard InChI is InChI=1S/C12H14N2O4S/c15-12-5-6-18-11-4-3-9(7-10(11)13-12)19(16,17)14-8-1-2-8/h3-4,7-8,14H,1-2,5-6H2,(H,13,15). The molecule has 0 bridgehead atoms. The van der Waals surface area contributed by atoms with Gasteiger partial charge in [0, 0.05) is 6.04 Å². The Morgan fingerprint density at radius 2 is 2.11 bits per heavy atom. The summed E-state index contributed by atoms with van der Waals surface area (Å²) in [6.07, 6.45) is 2.02. The summed E-state index contributed by atoms with van der Waals surface area (Å²) in [6, 6.07) is 4.54. The fraction of sp³-hybridized carbons (Fsp3) is 0.417. The third kappa shape index (κ3) is 2.71. The Morgan fingerprint density at radius 3 is 2.84 bits per heavy atom. The number of fused-ring (bicyclic) bond motifs is 1. The van der Waals surface area contributed by atoms with Gasteiger partial charge in [0.25, 0.3) is 0 Å². The average Bonchev–Trinajstić information content (AvgIpc) is 3.14. The summed E-state index contributed by atoms with van der Waals surface area (Å²) in [7, 11) is -3.52. The number of rotatable bonds is 3. The first-order valence-corrected chi connectivity index (χ1v) is 7.62. The van der Waals surface area contributed by atoms with Gasteiger partial charge < -0.3 is 10.1 Å². The van der Waals surface area contributed by atoms with Gasteiger partial charge in [0.05, 0.1) is 23.6 Å². The van der Waals surface area contributed by atoms with E-state index >= 15 is 0 Å². The van der Waals surface area contributed by atoms with Gasteiger partial charge in [0.2, 0.25) is 15.9 Å². The first-order valence-electron chi connectivity index (χ1n) is 6.14. The normalized spacial score (nSPS) is 19.1. The van der Waals surface area contributed by atoms with E-state index in [4.69, 9.17) is 4.74 Å². The van der Waals surface area contributed by atoms with Crippen LogP contribution in [0.2, 0.25) is 0 Å². The number of nitrogens with one attached hydrogen (secondary N) is 2. The largest absolute Gasteiger partial charge is 0.491 e. The lowest BCUT2D eigenvalue weighted by molar-refractivity contribution is -0.116. The molecular formula is C12H14N2O4S. The fourth-order valence-electron chi connectivity index (χ4n) is 1.85. The van der Waals surface area contributed by atoms with Crippen LogP contribution in [0.15, 0.2) is 23.1 Å². The molecule has 1 heterocycles. The number of amides is 1. The molecular weight excluding hydrogens is 268 g/mol. The minimum Gasteiger partial charge on any atom is -0.491 e. The minimum absolute atomic E-state index is 0.0506. The van der Waals surface area contributed by atoms with Gasteiger partial charge in [-0.1, -0.05) is 0 Å². The maximum atomic E-state index is 12.1. The van der Waals surface area contributed by atoms with Gasteiger partial charge in [-0.15, -0.1) is 0 Å². The van der Waals surface area contributed by atoms with Crippen molar-refractivity contribution in [3.05, 3.63) is 18.2 Å². The van der Waals surface area contributed by atoms with Crippen LogP contribution in [0.5, 0.6) is 5.75 Å². The number of ether oxygens (including phenoxy) is 1. The molecule has 1 amide bonds. The van der Waals surface area contributed by atoms with Gasteiger partial charge in [0.1, 0.15) is 5.75 Å². The molecule has 0 spiro atoms. The minimum atomic E-state index is -3.52. The van der Waals surface area contributed by atoms with Crippen LogP contribution in [-0.2, 0) is 14.8 Å². The van der Waals surface area contributed by atoms with E-state index in [2.05, 4.69) is 10.0 Å². The van der Waals surface area contributed by atoms with Crippen molar-refractivity contribution >= 4 is 21.6 Å². The highest BCUT2D eigenvalue weighted by Crippen LogP contribution is 2.30. The molecule has 7 heteroatoms. The predicted molar refractivity (Wildman–Crippen MR) is 68.5 cm³/mol. The fourth-order valence-corrected chi connectivity index (χ4v) is 3.19. The van der Waals surface area contributed by atoms with Crippen LogP contribution in [0.25, 0.3) is 0 Å². The molecule has 0 aromatic heterocycles. The number of hydrogen-bond donors (Lipinski definition) is 2. The van der Waals surface area contributed by atoms with E-state index in [1.165, 1.54) is 12.1 Å². The van der Waals surface area contributed by atoms with Crippen molar-refractivity contribution in [1.82, 2.24) is 4.72 Å². The molecule has 1 aliphatic carbocycles. The number of carbonyl (C=O) groups excluding carboxylic acids is 1. The molecule has 0 unspecified atom stereocenters. The quantitative estimate of drug-likeness (QED) is 0.860. The molecule has 1 aliphatic heterocycles. The van der Waals surface area contributed by atoms with Crippen LogP contribution in [0.1, 0.15) is 19.3 Å². The van der Waals surface area contributed by atoms with Gasteiger partial charge in [-0.3, -0.25) is 4.79 Å². The zero-order valence-corrected chi connectivity index (χ0v) is 11.0. The lowest BCUT2D eigenvalue weighted by atomic mass is 10.3. The monoisotopic (exact) mass is 282 g/mol. The molecule has 6 nitrogen and oxygen atoms in total. The van der Waals surface area contributed by atoms with Crippen molar-refractivity contribution in [3.8, 4) is 5.75 Å². The molecule has 1 aromatic rings. The zero-order chi connectivity index (χ0) is 13.5. The van der Waals surface area contributed by atoms with Crippen molar-refractivity contribution in [2.75, 3.05) is 11.9 Å². The number of anilines is 1. The molecule has 3 rings (SSSR count). The van der Waals surface area contributed by atoms with E-state index in [1.807, 2.05) is 0 Å². The van der Waals surface area contributed by atoms with Crippen LogP contribution in [0.4, 0.5) is 5.69 Å². The van der Waals surface area contributed by atoms with Gasteiger partial charge >= 0.3 is 0 Å². The van der Waals surface area contributed by atoms with E-state index in [1.54, 1.807) is 6.07 Å². The van der Waals surface area contributed by atoms with Gasteiger partial charge in [-0.25, -0.2) is 13.1 Å². The molecule has 0 atom stereocenters. The summed E-state index contributed by atoms with van der Waals surface area (Å²) >= 11 is 0. The van der Waals surface area contributed by atoms with Gasteiger partial charge in [0.15, 0.2) is 0 Å². The van der Waals surface area contributed by atoms with Gasteiger partial charge in [-0.05, 0) is 31.0 Å². The Bertz CT molecular complexity index is 623. The Hall–Kier alpha value is -1.60. The van der Waals surface area contributed by atoms with Crippen LogP contribution in [0.3, 0.4) is 0 Å². The SMILES string of the molecule is O=C1CCOc2ccc(S(=O)(=O)NC3CC3)cc2N1. The Kier molecular flexibility index (Phi) is 2.94. The summed E-state index contributed by atoms with van der Waals surface area (Å²) < 4.78 is 32.1. The van der Waals surface area contributed by atoms with Crippen molar-refractivity contribution < 1.29 is 17.9 Å². The number of benzene rings is 1. The molecule has 1 aromatic carbocycles. The molecule has 102 valence electrons. The second kappa shape index (κ2) is 4.50. The van der Waals surface area contributed by atoms with E-state index in [0.29, 0.717) is 18.0 Å². The summed E-state index contributed by atoms with van der Waals surface area (Å²) in [6.45, 7) is 0.297. The van der Waals surface area contributed by atoms with Crippen LogP contribution in [-0.4, -0.2) is 27.0 Å². The zero-order valence-electron chi connectivity index (χ0n) is 10.2. The smallest absolute Gasteiger partial charge is 0.240 e. The van der Waals surface area contributed by atoms with E-state index in [0.717, 1.165) is 12.8 Å². The molecule has 19 heavy (non-hydrogen) atoms. The third-order valence-corrected chi connectivity index (χ3v) is 4.54. The summed E-state index contributed by atoms with van der Waals surface area (Å²) in [5, 5.41) is 2.65. The van der Waals surface area contributed by atoms with E-state index < -0.39 is 10.0 Å². The maximum absolute atomic E-state index is 12.1. The van der Waals surface area contributed by atoms with Crippen LogP contribution >= 0.6 is 0 Å². The Morgan fingerprint density at radius 1 is 1.32 bits per heavy atom. The third-order valence-electron chi connectivity index (χ3n) is 3.02. The highest BCUT2D eigenvalue weighted by atomic mass is 32.2. The average molecular weight is 282 g/mol. The second-order valence-corrected chi connectivity index (χ2v) is 6.41. The topological polar surface area (TPSA) is 84.5 Å². The number of sulfonamides is 1. The van der Waals surface area contributed by atoms with Crippen molar-refractivity contribution in [1.29, 1.82) is 0 Å². The lowest BCUT2D eigenvalue weighted by Crippen LogP contribution is -2.25. The Balaban J connectivity index is 1.93. The molecule has 2 aliphatic rings. The lowest BCUT2D eigenvalue weighted by Gasteiger charge is -2.10. The molecule has 2 N–H and O–H groups in total. The van der Waals surface area contributed by atoms with Crippen molar-refractivity contribution in [3.63, 3.8) is 0 Å². The van der Waals surface area contributed by atoms with Crippen molar-refractivity contribution in [2.24, 2.45) is 0 Å². The maximum Gasteiger partial charge on any atom is 0.240 e. The van der Waals surface area contributed by atoms with Crippen LogP contribution in [0, 0.1) is 0 Å². The first kappa shape index (κ1) is 12.4. The molecule has 0 saturated heterocycles. The summed E-state index contributed by atoms with van der Waals surface area (Å²) in [5.74, 6) is 0.319. The summed E-state index contributed by atoms with van der Waals surface area (Å²) in [5.41, 5.74) is 0.404. The highest BCUT2D eigenvalue weighted by molar-refractivity contribution is 7.89. The first-order chi connectivity index (χ1) is 9.04. The summed E-state index contributed by atoms with van der Waals surface area (Å²) in [4.78, 5) is 11.6. The molecule has 0 radical (unpaired) electrons. The predicted octanol–water partition coefficient (Wildman–Crippen LogP) is 0.848. The van der Waals surface area contributed by atoms with Crippen molar-refractivity contribution in [2.45, 2.75) is 30.2 Å². The van der Waals surface area contributed by atoms with E-state index in [-0.39, 0.29) is 23.3 Å². The van der Waals surface area contributed by atoms with E-state index in [9.17, 15) is 13.2 Å². The molecule has 1 saturated carbocycles. The van der Waals surface area contributed by atoms with Crippen LogP contribution < -0.4 is 14.8 Å². The number of carbonyl (C=O) groups is 1.